The van der Waals surface area contributed by atoms with Crippen LogP contribution in [0.1, 0.15) is 57.6 Å². The Labute approximate surface area is 288 Å². The molecule has 5 aromatic rings. The largest absolute Gasteiger partial charge is 0.473 e. The number of para-hydroxylation sites is 1. The Bertz CT molecular complexity index is 1900. The Balaban J connectivity index is 1.08. The summed E-state index contributed by atoms with van der Waals surface area (Å²) >= 11 is 0. The second-order valence-electron chi connectivity index (χ2n) is 14.5. The van der Waals surface area contributed by atoms with E-state index in [2.05, 4.69) is 23.5 Å². The lowest BCUT2D eigenvalue weighted by atomic mass is 9.67. The number of pyridine rings is 1. The first-order valence-electron chi connectivity index (χ1n) is 17.2. The van der Waals surface area contributed by atoms with Crippen LogP contribution < -0.4 is 14.8 Å². The molecule has 1 aliphatic heterocycles. The summed E-state index contributed by atoms with van der Waals surface area (Å²) in [6, 6.07) is 30.7. The van der Waals surface area contributed by atoms with Gasteiger partial charge in [-0.3, -0.25) is 4.68 Å². The quantitative estimate of drug-likeness (QED) is 0.170. The molecule has 1 saturated heterocycles. The molecule has 0 bridgehead atoms. The SMILES string of the molecule is Cn1nc(-c2ccc(OCc3ccccc3)nc2OCc2ccccc2)c2cccc(NC3CCC4(CC3)CN(C(=O)OC(C)(C)C)C4)c21. The minimum atomic E-state index is -0.470. The molecule has 49 heavy (non-hydrogen) atoms. The van der Waals surface area contributed by atoms with Crippen LogP contribution in [0.5, 0.6) is 11.8 Å². The number of ether oxygens (including phenoxy) is 3. The van der Waals surface area contributed by atoms with Gasteiger partial charge in [-0.25, -0.2) is 4.79 Å². The minimum absolute atomic E-state index is 0.199. The third-order valence-electron chi connectivity index (χ3n) is 9.51. The van der Waals surface area contributed by atoms with Gasteiger partial charge in [-0.1, -0.05) is 72.8 Å². The van der Waals surface area contributed by atoms with Gasteiger partial charge < -0.3 is 24.4 Å². The highest BCUT2D eigenvalue weighted by Gasteiger charge is 2.48. The summed E-state index contributed by atoms with van der Waals surface area (Å²) in [5.41, 5.74) is 5.58. The number of carbonyl (C=O) groups excluding carboxylic acids is 1. The minimum Gasteiger partial charge on any atom is -0.473 e. The van der Waals surface area contributed by atoms with Crippen LogP contribution in [-0.2, 0) is 25.0 Å². The van der Waals surface area contributed by atoms with E-state index < -0.39 is 5.60 Å². The van der Waals surface area contributed by atoms with Gasteiger partial charge in [-0.15, -0.1) is 0 Å². The van der Waals surface area contributed by atoms with E-state index in [1.165, 1.54) is 0 Å². The summed E-state index contributed by atoms with van der Waals surface area (Å²) in [6.45, 7) is 8.10. The van der Waals surface area contributed by atoms with Crippen LogP contribution in [0.3, 0.4) is 0 Å². The second kappa shape index (κ2) is 13.5. The highest BCUT2D eigenvalue weighted by Crippen LogP contribution is 2.45. The number of likely N-dealkylation sites (tertiary alicyclic amines) is 1. The van der Waals surface area contributed by atoms with Gasteiger partial charge in [0.1, 0.15) is 24.5 Å². The Morgan fingerprint density at radius 1 is 0.857 bits per heavy atom. The molecule has 1 spiro atoms. The number of anilines is 1. The number of carbonyl (C=O) groups is 1. The molecule has 9 nitrogen and oxygen atoms in total. The number of fused-ring (bicyclic) bond motifs is 1. The molecule has 254 valence electrons. The molecule has 0 radical (unpaired) electrons. The van der Waals surface area contributed by atoms with Gasteiger partial charge in [-0.05, 0) is 69.7 Å². The molecule has 9 heteroatoms. The number of aromatic nitrogens is 3. The maximum atomic E-state index is 12.5. The van der Waals surface area contributed by atoms with Crippen LogP contribution in [0.2, 0.25) is 0 Å². The maximum absolute atomic E-state index is 12.5. The summed E-state index contributed by atoms with van der Waals surface area (Å²) in [7, 11) is 1.99. The average molecular weight is 660 g/mol. The van der Waals surface area contributed by atoms with Crippen molar-refractivity contribution in [2.24, 2.45) is 12.5 Å². The summed E-state index contributed by atoms with van der Waals surface area (Å²) in [4.78, 5) is 19.2. The Hall–Kier alpha value is -5.05. The van der Waals surface area contributed by atoms with Crippen molar-refractivity contribution in [1.29, 1.82) is 0 Å². The molecular formula is C40H45N5O4. The smallest absolute Gasteiger partial charge is 0.410 e. The highest BCUT2D eigenvalue weighted by atomic mass is 16.6. The molecule has 0 atom stereocenters. The summed E-state index contributed by atoms with van der Waals surface area (Å²) in [5.74, 6) is 0.972. The molecule has 0 unspecified atom stereocenters. The standard InChI is InChI=1S/C40H45N5O4/c1-39(2,3)49-38(46)45-26-40(27-45)22-20-30(21-23-40)41-33-17-11-16-31-35(43-44(4)36(31)33)32-18-19-34(47-24-28-12-7-5-8-13-28)42-37(32)48-25-29-14-9-6-10-15-29/h5-19,30,41H,20-27H2,1-4H3. The molecule has 1 amide bonds. The zero-order valence-electron chi connectivity index (χ0n) is 28.8. The van der Waals surface area contributed by atoms with E-state index in [1.54, 1.807) is 0 Å². The van der Waals surface area contributed by atoms with Crippen LogP contribution >= 0.6 is 0 Å². The Morgan fingerprint density at radius 2 is 1.51 bits per heavy atom. The van der Waals surface area contributed by atoms with Crippen molar-refractivity contribution in [3.8, 4) is 23.0 Å². The lowest BCUT2D eigenvalue weighted by Crippen LogP contribution is -2.60. The number of hydrogen-bond donors (Lipinski definition) is 1. The predicted molar refractivity (Wildman–Crippen MR) is 192 cm³/mol. The van der Waals surface area contributed by atoms with Gasteiger partial charge >= 0.3 is 6.09 Å². The lowest BCUT2D eigenvalue weighted by Gasteiger charge is -2.53. The van der Waals surface area contributed by atoms with Crippen molar-refractivity contribution in [1.82, 2.24) is 19.7 Å². The first-order valence-corrected chi connectivity index (χ1v) is 17.2. The molecule has 3 heterocycles. The molecule has 2 fully saturated rings. The fourth-order valence-corrected chi connectivity index (χ4v) is 7.03. The summed E-state index contributed by atoms with van der Waals surface area (Å²) in [5, 5.41) is 9.89. The number of hydrogen-bond acceptors (Lipinski definition) is 7. The molecular weight excluding hydrogens is 614 g/mol. The molecule has 3 aromatic carbocycles. The van der Waals surface area contributed by atoms with Gasteiger partial charge in [0.05, 0.1) is 16.8 Å². The van der Waals surface area contributed by atoms with Crippen molar-refractivity contribution in [3.05, 3.63) is 102 Å². The van der Waals surface area contributed by atoms with Gasteiger partial charge in [-0.2, -0.15) is 10.1 Å². The van der Waals surface area contributed by atoms with Crippen molar-refractivity contribution in [3.63, 3.8) is 0 Å². The highest BCUT2D eigenvalue weighted by molar-refractivity contribution is 6.00. The number of rotatable bonds is 9. The first kappa shape index (κ1) is 32.5. The van der Waals surface area contributed by atoms with Gasteiger partial charge in [0, 0.05) is 43.0 Å². The van der Waals surface area contributed by atoms with Gasteiger partial charge in [0.2, 0.25) is 11.8 Å². The van der Waals surface area contributed by atoms with Crippen molar-refractivity contribution < 1.29 is 19.0 Å². The Morgan fingerprint density at radius 3 is 2.16 bits per heavy atom. The van der Waals surface area contributed by atoms with E-state index in [0.29, 0.717) is 31.0 Å². The van der Waals surface area contributed by atoms with Crippen LogP contribution in [0.4, 0.5) is 10.5 Å². The van der Waals surface area contributed by atoms with Crippen LogP contribution in [-0.4, -0.2) is 50.5 Å². The topological polar surface area (TPSA) is 90.7 Å². The van der Waals surface area contributed by atoms with E-state index in [0.717, 1.165) is 77.7 Å². The first-order chi connectivity index (χ1) is 23.6. The van der Waals surface area contributed by atoms with Crippen LogP contribution in [0.15, 0.2) is 91.0 Å². The fraction of sp³-hybridized carbons (Fsp3) is 0.375. The number of nitrogens with one attached hydrogen (secondary N) is 1. The third-order valence-corrected chi connectivity index (χ3v) is 9.51. The molecule has 2 aliphatic rings. The van der Waals surface area contributed by atoms with Gasteiger partial charge in [0.15, 0.2) is 0 Å². The second-order valence-corrected chi connectivity index (χ2v) is 14.5. The van der Waals surface area contributed by atoms with Crippen molar-refractivity contribution in [2.75, 3.05) is 18.4 Å². The predicted octanol–water partition coefficient (Wildman–Crippen LogP) is 8.38. The van der Waals surface area contributed by atoms with Crippen molar-refractivity contribution >= 4 is 22.7 Å². The van der Waals surface area contributed by atoms with E-state index in [9.17, 15) is 4.79 Å². The van der Waals surface area contributed by atoms with E-state index in [4.69, 9.17) is 24.3 Å². The number of amides is 1. The Kier molecular flexibility index (Phi) is 8.92. The normalized spacial score (nSPS) is 16.0. The summed E-state index contributed by atoms with van der Waals surface area (Å²) in [6.07, 6.45) is 4.08. The van der Waals surface area contributed by atoms with Gasteiger partial charge in [0.25, 0.3) is 0 Å². The number of benzene rings is 3. The summed E-state index contributed by atoms with van der Waals surface area (Å²) < 4.78 is 20.0. The fourth-order valence-electron chi connectivity index (χ4n) is 7.03. The van der Waals surface area contributed by atoms with Crippen molar-refractivity contribution in [2.45, 2.75) is 71.3 Å². The van der Waals surface area contributed by atoms with E-state index in [-0.39, 0.29) is 11.5 Å². The molecule has 1 saturated carbocycles. The van der Waals surface area contributed by atoms with E-state index in [1.807, 2.05) is 110 Å². The molecule has 2 aromatic heterocycles. The molecule has 7 rings (SSSR count). The maximum Gasteiger partial charge on any atom is 0.410 e. The van der Waals surface area contributed by atoms with Crippen LogP contribution in [0, 0.1) is 5.41 Å². The zero-order valence-corrected chi connectivity index (χ0v) is 28.8. The molecule has 1 N–H and O–H groups in total. The van der Waals surface area contributed by atoms with Crippen LogP contribution in [0.25, 0.3) is 22.2 Å². The zero-order chi connectivity index (χ0) is 34.0. The lowest BCUT2D eigenvalue weighted by molar-refractivity contribution is -0.0496. The molecule has 1 aliphatic carbocycles. The third kappa shape index (κ3) is 7.36. The number of nitrogens with zero attached hydrogens (tertiary/aromatic N) is 4. The monoisotopic (exact) mass is 659 g/mol. The average Bonchev–Trinajstić information content (AvgIpc) is 3.42. The number of aryl methyl sites for hydroxylation is 1. The van der Waals surface area contributed by atoms with E-state index >= 15 is 0 Å².